The van der Waals surface area contributed by atoms with Crippen LogP contribution in [0.5, 0.6) is 0 Å². The van der Waals surface area contributed by atoms with Crippen LogP contribution in [-0.4, -0.2) is 63.9 Å². The number of ether oxygens (including phenoxy) is 1. The van der Waals surface area contributed by atoms with Gasteiger partial charge in [-0.25, -0.2) is 4.68 Å². The summed E-state index contributed by atoms with van der Waals surface area (Å²) >= 11 is 0. The summed E-state index contributed by atoms with van der Waals surface area (Å²) in [5.41, 5.74) is 1.13. The number of para-hydroxylation sites is 1. The highest BCUT2D eigenvalue weighted by molar-refractivity contribution is 5.76. The molecule has 3 heterocycles. The van der Waals surface area contributed by atoms with Gasteiger partial charge in [-0.3, -0.25) is 19.5 Å². The molecule has 1 saturated heterocycles. The standard InChI is InChI=1S/C20H24N6O3/c1-29-17(27)13-25-9-5-6-14(12-25)10-21-20-23-18-16(19(28)24-20)11-22-26(18)15-7-3-2-4-8-15/h2-4,7-8,11,14H,5-6,9-10,12-13H2,1H3,(H2,21,23,24,28)/t14-/m0/s1. The van der Waals surface area contributed by atoms with Crippen LogP contribution in [0.2, 0.25) is 0 Å². The lowest BCUT2D eigenvalue weighted by atomic mass is 9.98. The van der Waals surface area contributed by atoms with Gasteiger partial charge in [0, 0.05) is 13.1 Å². The van der Waals surface area contributed by atoms with Crippen molar-refractivity contribution in [1.29, 1.82) is 0 Å². The van der Waals surface area contributed by atoms with Crippen molar-refractivity contribution in [2.75, 3.05) is 38.6 Å². The van der Waals surface area contributed by atoms with E-state index in [-0.39, 0.29) is 11.5 Å². The molecular weight excluding hydrogens is 372 g/mol. The molecule has 0 aliphatic carbocycles. The van der Waals surface area contributed by atoms with Crippen molar-refractivity contribution in [1.82, 2.24) is 24.6 Å². The lowest BCUT2D eigenvalue weighted by molar-refractivity contribution is -0.142. The molecule has 4 rings (SSSR count). The number of fused-ring (bicyclic) bond motifs is 1. The van der Waals surface area contributed by atoms with Crippen molar-refractivity contribution >= 4 is 23.0 Å². The molecule has 0 saturated carbocycles. The van der Waals surface area contributed by atoms with Crippen molar-refractivity contribution in [2.45, 2.75) is 12.8 Å². The van der Waals surface area contributed by atoms with E-state index < -0.39 is 0 Å². The highest BCUT2D eigenvalue weighted by Crippen LogP contribution is 2.18. The first kappa shape index (κ1) is 19.1. The summed E-state index contributed by atoms with van der Waals surface area (Å²) in [7, 11) is 1.41. The molecule has 9 nitrogen and oxygen atoms in total. The molecule has 2 N–H and O–H groups in total. The Morgan fingerprint density at radius 3 is 2.97 bits per heavy atom. The molecule has 3 aromatic rings. The van der Waals surface area contributed by atoms with Gasteiger partial charge >= 0.3 is 5.97 Å². The largest absolute Gasteiger partial charge is 0.468 e. The van der Waals surface area contributed by atoms with E-state index in [1.54, 1.807) is 4.68 Å². The number of methoxy groups -OCH3 is 1. The number of carbonyl (C=O) groups is 1. The predicted molar refractivity (Wildman–Crippen MR) is 109 cm³/mol. The van der Waals surface area contributed by atoms with E-state index in [0.717, 1.165) is 31.6 Å². The minimum Gasteiger partial charge on any atom is -0.468 e. The van der Waals surface area contributed by atoms with E-state index in [1.807, 2.05) is 30.3 Å². The molecule has 0 radical (unpaired) electrons. The van der Waals surface area contributed by atoms with Crippen molar-refractivity contribution in [2.24, 2.45) is 5.92 Å². The van der Waals surface area contributed by atoms with Gasteiger partial charge in [-0.05, 0) is 37.4 Å². The van der Waals surface area contributed by atoms with Crippen molar-refractivity contribution in [3.8, 4) is 5.69 Å². The quantitative estimate of drug-likeness (QED) is 0.607. The fourth-order valence-electron chi connectivity index (χ4n) is 3.71. The Kier molecular flexibility index (Phi) is 5.57. The Hall–Kier alpha value is -3.20. The summed E-state index contributed by atoms with van der Waals surface area (Å²) in [6.45, 7) is 2.66. The van der Waals surface area contributed by atoms with E-state index in [9.17, 15) is 9.59 Å². The Labute approximate surface area is 167 Å². The number of aromatic amines is 1. The molecular formula is C20H24N6O3. The first-order valence-electron chi connectivity index (χ1n) is 9.70. The Morgan fingerprint density at radius 1 is 1.34 bits per heavy atom. The second kappa shape index (κ2) is 8.44. The molecule has 1 aliphatic rings. The van der Waals surface area contributed by atoms with Crippen molar-refractivity contribution in [3.63, 3.8) is 0 Å². The maximum absolute atomic E-state index is 12.5. The number of H-pyrrole nitrogens is 1. The average Bonchev–Trinajstić information content (AvgIpc) is 3.18. The monoisotopic (exact) mass is 396 g/mol. The van der Waals surface area contributed by atoms with Crippen LogP contribution in [0.25, 0.3) is 16.7 Å². The fourth-order valence-corrected chi connectivity index (χ4v) is 3.71. The van der Waals surface area contributed by atoms with Crippen LogP contribution in [-0.2, 0) is 9.53 Å². The van der Waals surface area contributed by atoms with Gasteiger partial charge in [-0.2, -0.15) is 10.1 Å². The third kappa shape index (κ3) is 4.29. The van der Waals surface area contributed by atoms with Crippen LogP contribution in [0.3, 0.4) is 0 Å². The number of nitrogens with zero attached hydrogens (tertiary/aromatic N) is 4. The highest BCUT2D eigenvalue weighted by atomic mass is 16.5. The van der Waals surface area contributed by atoms with Gasteiger partial charge in [0.25, 0.3) is 5.56 Å². The first-order valence-corrected chi connectivity index (χ1v) is 9.70. The molecule has 29 heavy (non-hydrogen) atoms. The third-order valence-corrected chi connectivity index (χ3v) is 5.18. The maximum Gasteiger partial charge on any atom is 0.319 e. The number of rotatable bonds is 6. The van der Waals surface area contributed by atoms with Crippen LogP contribution in [0.4, 0.5) is 5.95 Å². The average molecular weight is 396 g/mol. The van der Waals surface area contributed by atoms with E-state index in [2.05, 4.69) is 25.3 Å². The van der Waals surface area contributed by atoms with Crippen LogP contribution in [0.1, 0.15) is 12.8 Å². The molecule has 1 fully saturated rings. The Morgan fingerprint density at radius 2 is 2.17 bits per heavy atom. The van der Waals surface area contributed by atoms with Crippen LogP contribution < -0.4 is 10.9 Å². The minimum atomic E-state index is -0.226. The van der Waals surface area contributed by atoms with Crippen LogP contribution >= 0.6 is 0 Å². The van der Waals surface area contributed by atoms with Crippen molar-refractivity contribution in [3.05, 3.63) is 46.9 Å². The number of likely N-dealkylation sites (tertiary alicyclic amines) is 1. The Balaban J connectivity index is 1.48. The molecule has 0 bridgehead atoms. The van der Waals surface area contributed by atoms with Crippen molar-refractivity contribution < 1.29 is 9.53 Å². The van der Waals surface area contributed by atoms with E-state index in [0.29, 0.717) is 36.0 Å². The first-order chi connectivity index (χ1) is 14.1. The highest BCUT2D eigenvalue weighted by Gasteiger charge is 2.22. The second-order valence-corrected chi connectivity index (χ2v) is 7.24. The SMILES string of the molecule is COC(=O)CN1CCC[C@@H](CNc2nc3c(cnn3-c3ccccc3)c(=O)[nH]2)C1. The molecule has 2 aromatic heterocycles. The number of anilines is 1. The van der Waals surface area contributed by atoms with Gasteiger partial charge in [0.1, 0.15) is 5.39 Å². The summed E-state index contributed by atoms with van der Waals surface area (Å²) in [6.07, 6.45) is 3.61. The van der Waals surface area contributed by atoms with Gasteiger partial charge in [-0.1, -0.05) is 18.2 Å². The smallest absolute Gasteiger partial charge is 0.319 e. The predicted octanol–water partition coefficient (Wildman–Crippen LogP) is 1.41. The zero-order chi connectivity index (χ0) is 20.2. The Bertz CT molecular complexity index is 1050. The topological polar surface area (TPSA) is 105 Å². The lowest BCUT2D eigenvalue weighted by Crippen LogP contribution is -2.41. The van der Waals surface area contributed by atoms with Gasteiger partial charge in [0.05, 0.1) is 25.5 Å². The second-order valence-electron chi connectivity index (χ2n) is 7.24. The number of carbonyl (C=O) groups excluding carboxylic acids is 1. The number of piperidine rings is 1. The van der Waals surface area contributed by atoms with Gasteiger partial charge < -0.3 is 10.1 Å². The van der Waals surface area contributed by atoms with E-state index >= 15 is 0 Å². The summed E-state index contributed by atoms with van der Waals surface area (Å²) in [6, 6.07) is 9.59. The lowest BCUT2D eigenvalue weighted by Gasteiger charge is -2.31. The number of aromatic nitrogens is 4. The van der Waals surface area contributed by atoms with Crippen LogP contribution in [0, 0.1) is 5.92 Å². The molecule has 9 heteroatoms. The van der Waals surface area contributed by atoms with E-state index in [1.165, 1.54) is 13.3 Å². The number of hydrogen-bond acceptors (Lipinski definition) is 7. The summed E-state index contributed by atoms with van der Waals surface area (Å²) in [4.78, 5) is 33.4. The summed E-state index contributed by atoms with van der Waals surface area (Å²) in [5.74, 6) is 0.558. The summed E-state index contributed by atoms with van der Waals surface area (Å²) < 4.78 is 6.42. The zero-order valence-corrected chi connectivity index (χ0v) is 16.3. The number of benzene rings is 1. The number of nitrogens with one attached hydrogen (secondary N) is 2. The van der Waals surface area contributed by atoms with Gasteiger partial charge in [-0.15, -0.1) is 0 Å². The molecule has 1 aromatic carbocycles. The van der Waals surface area contributed by atoms with Crippen LogP contribution in [0.15, 0.2) is 41.3 Å². The zero-order valence-electron chi connectivity index (χ0n) is 16.3. The third-order valence-electron chi connectivity index (χ3n) is 5.18. The molecule has 1 atom stereocenters. The molecule has 1 aliphatic heterocycles. The molecule has 0 spiro atoms. The van der Waals surface area contributed by atoms with E-state index in [4.69, 9.17) is 4.74 Å². The van der Waals surface area contributed by atoms with Gasteiger partial charge in [0.15, 0.2) is 5.65 Å². The molecule has 0 amide bonds. The maximum atomic E-state index is 12.5. The molecule has 152 valence electrons. The normalized spacial score (nSPS) is 17.3. The number of hydrogen-bond donors (Lipinski definition) is 2. The number of esters is 1. The minimum absolute atomic E-state index is 0.218. The molecule has 0 unspecified atom stereocenters. The fraction of sp³-hybridized carbons (Fsp3) is 0.400. The van der Waals surface area contributed by atoms with Gasteiger partial charge in [0.2, 0.25) is 5.95 Å². The summed E-state index contributed by atoms with van der Waals surface area (Å²) in [5, 5.41) is 8.02.